The molecule has 0 aliphatic heterocycles. The average Bonchev–Trinajstić information content (AvgIpc) is 2.83. The first-order valence-corrected chi connectivity index (χ1v) is 11.9. The van der Waals surface area contributed by atoms with Crippen LogP contribution in [0, 0.1) is 5.41 Å². The number of alkyl halides is 6. The number of nitrogens with one attached hydrogen (secondary N) is 1. The molecule has 0 aromatic heterocycles. The second-order valence-corrected chi connectivity index (χ2v) is 9.74. The normalized spacial score (nSPS) is 22.6. The number of hydrogen-bond acceptors (Lipinski definition) is 5. The van der Waals surface area contributed by atoms with Crippen LogP contribution in [0.1, 0.15) is 82.6 Å². The monoisotopic (exact) mass is 556 g/mol. The maximum atomic E-state index is 13.1. The summed E-state index contributed by atoms with van der Waals surface area (Å²) >= 11 is 0. The van der Waals surface area contributed by atoms with E-state index in [-0.39, 0.29) is 37.0 Å². The lowest BCUT2D eigenvalue weighted by Crippen LogP contribution is -2.58. The maximum Gasteiger partial charge on any atom is 0.416 e. The van der Waals surface area contributed by atoms with Gasteiger partial charge < -0.3 is 20.9 Å². The summed E-state index contributed by atoms with van der Waals surface area (Å²) in [6.07, 6.45) is -9.11. The van der Waals surface area contributed by atoms with Crippen LogP contribution >= 0.6 is 0 Å². The number of ketones is 1. The number of carboxylic acids is 1. The number of hydrogen-bond donors (Lipinski definition) is 3. The molecule has 0 saturated heterocycles. The summed E-state index contributed by atoms with van der Waals surface area (Å²) in [6.45, 7) is 6.03. The Bertz CT molecular complexity index is 953. The predicted molar refractivity (Wildman–Crippen MR) is 126 cm³/mol. The number of benzene rings is 1. The van der Waals surface area contributed by atoms with Crippen LogP contribution in [-0.2, 0) is 31.5 Å². The van der Waals surface area contributed by atoms with Gasteiger partial charge in [0.1, 0.15) is 0 Å². The van der Waals surface area contributed by atoms with Gasteiger partial charge in [-0.3, -0.25) is 14.4 Å². The molecule has 216 valence electrons. The molecule has 1 aliphatic carbocycles. The average molecular weight is 557 g/mol. The second kappa shape index (κ2) is 12.9. The van der Waals surface area contributed by atoms with Gasteiger partial charge in [0.25, 0.3) is 0 Å². The molecule has 1 atom stereocenters. The minimum atomic E-state index is -4.94. The molecule has 38 heavy (non-hydrogen) atoms. The van der Waals surface area contributed by atoms with Gasteiger partial charge in [0.15, 0.2) is 5.78 Å². The first-order valence-electron chi connectivity index (χ1n) is 11.9. The fraction of sp³-hybridized carbons (Fsp3) is 0.640. The van der Waals surface area contributed by atoms with Crippen molar-refractivity contribution >= 4 is 17.7 Å². The first-order chi connectivity index (χ1) is 17.3. The zero-order valence-corrected chi connectivity index (χ0v) is 21.7. The first kappa shape index (κ1) is 33.4. The number of aliphatic carboxylic acids is 1. The summed E-state index contributed by atoms with van der Waals surface area (Å²) in [6, 6.07) is 1.40. The second-order valence-electron chi connectivity index (χ2n) is 9.74. The molecule has 1 aromatic rings. The van der Waals surface area contributed by atoms with Gasteiger partial charge in [0.05, 0.1) is 35.9 Å². The molecule has 7 nitrogen and oxygen atoms in total. The van der Waals surface area contributed by atoms with E-state index in [0.717, 1.165) is 0 Å². The van der Waals surface area contributed by atoms with Crippen LogP contribution in [0.25, 0.3) is 0 Å². The quantitative estimate of drug-likeness (QED) is 0.376. The summed E-state index contributed by atoms with van der Waals surface area (Å²) < 4.78 is 84.4. The molecule has 0 spiro atoms. The molecule has 4 N–H and O–H groups in total. The molecule has 1 fully saturated rings. The Labute approximate surface area is 217 Å². The number of carboxylic acid groups (broad SMARTS) is 1. The number of ether oxygens (including phenoxy) is 1. The van der Waals surface area contributed by atoms with Gasteiger partial charge >= 0.3 is 18.3 Å². The van der Waals surface area contributed by atoms with Crippen LogP contribution in [0.15, 0.2) is 18.2 Å². The van der Waals surface area contributed by atoms with Gasteiger partial charge in [0.2, 0.25) is 5.91 Å². The fourth-order valence-electron chi connectivity index (χ4n) is 3.94. The smallest absolute Gasteiger partial charge is 0.416 e. The van der Waals surface area contributed by atoms with E-state index in [1.54, 1.807) is 6.92 Å². The largest absolute Gasteiger partial charge is 0.481 e. The van der Waals surface area contributed by atoms with E-state index < -0.39 is 52.4 Å². The summed E-state index contributed by atoms with van der Waals surface area (Å²) in [5.74, 6) is -1.40. The topological polar surface area (TPSA) is 119 Å². The van der Waals surface area contributed by atoms with Crippen LogP contribution < -0.4 is 11.1 Å². The Morgan fingerprint density at radius 2 is 1.47 bits per heavy atom. The zero-order valence-electron chi connectivity index (χ0n) is 21.7. The van der Waals surface area contributed by atoms with Crippen LogP contribution in [0.2, 0.25) is 0 Å². The Morgan fingerprint density at radius 1 is 1.03 bits per heavy atom. The minimum absolute atomic E-state index is 0.0601. The third-order valence-electron chi connectivity index (χ3n) is 6.61. The maximum absolute atomic E-state index is 13.1. The Balaban J connectivity index is 0.00000132. The van der Waals surface area contributed by atoms with Gasteiger partial charge in [0, 0.05) is 6.42 Å². The lowest BCUT2D eigenvalue weighted by Gasteiger charge is -2.44. The SMILES string of the molecule is CC(=O)C1(NC(=O)CN)CCC(C)(CO[C@H](C)c2cc(C(F)(F)F)cc(C(F)(F)F)c2)CC1.CCC(=O)O. The van der Waals surface area contributed by atoms with E-state index in [1.807, 2.05) is 6.92 Å². The number of Topliss-reactive ketones (excluding diaryl/α,β-unsaturated/α-hetero) is 1. The van der Waals surface area contributed by atoms with E-state index in [9.17, 15) is 40.7 Å². The van der Waals surface area contributed by atoms with Gasteiger partial charge in [-0.25, -0.2) is 0 Å². The van der Waals surface area contributed by atoms with E-state index in [4.69, 9.17) is 15.6 Å². The fourth-order valence-corrected chi connectivity index (χ4v) is 3.94. The summed E-state index contributed by atoms with van der Waals surface area (Å²) in [5, 5.41) is 10.4. The van der Waals surface area contributed by atoms with Gasteiger partial charge in [-0.15, -0.1) is 0 Å². The lowest BCUT2D eigenvalue weighted by atomic mass is 9.67. The van der Waals surface area contributed by atoms with Crippen molar-refractivity contribution in [2.24, 2.45) is 11.1 Å². The Morgan fingerprint density at radius 3 is 1.82 bits per heavy atom. The van der Waals surface area contributed by atoms with Gasteiger partial charge in [-0.2, -0.15) is 26.3 Å². The standard InChI is InChI=1S/C22H28F6N2O3.C3H6O2/c1-13(15-8-16(21(23,24)25)10-17(9-15)22(26,27)28)33-12-19(3)4-6-20(7-5-19,14(2)31)30-18(32)11-29;1-2-3(4)5/h8-10,13H,4-7,11-12,29H2,1-3H3,(H,30,32);2H2,1H3,(H,4,5)/t13-,19?,20?;/m1./s1. The van der Waals surface area contributed by atoms with Crippen LogP contribution in [-0.4, -0.2) is 41.5 Å². The molecule has 1 amide bonds. The van der Waals surface area contributed by atoms with E-state index >= 15 is 0 Å². The highest BCUT2D eigenvalue weighted by molar-refractivity contribution is 5.92. The molecule has 0 bridgehead atoms. The van der Waals surface area contributed by atoms with Crippen molar-refractivity contribution in [2.75, 3.05) is 13.2 Å². The molecule has 13 heteroatoms. The third kappa shape index (κ3) is 9.57. The minimum Gasteiger partial charge on any atom is -0.481 e. The number of rotatable bonds is 8. The van der Waals surface area contributed by atoms with Crippen LogP contribution in [0.5, 0.6) is 0 Å². The summed E-state index contributed by atoms with van der Waals surface area (Å²) in [5.41, 5.74) is 0.793. The molecule has 1 aliphatic rings. The Kier molecular flexibility index (Phi) is 11.3. The highest BCUT2D eigenvalue weighted by Crippen LogP contribution is 2.43. The molecular weight excluding hydrogens is 522 g/mol. The zero-order chi connectivity index (χ0) is 29.5. The van der Waals surface area contributed by atoms with Gasteiger partial charge in [-0.05, 0) is 68.7 Å². The molecule has 0 radical (unpaired) electrons. The number of nitrogens with two attached hydrogens (primary N) is 1. The van der Waals surface area contributed by atoms with Crippen molar-refractivity contribution in [3.63, 3.8) is 0 Å². The molecular formula is C25H34F6N2O5. The third-order valence-corrected chi connectivity index (χ3v) is 6.61. The Hall–Kier alpha value is -2.67. The summed E-state index contributed by atoms with van der Waals surface area (Å²) in [4.78, 5) is 33.3. The molecule has 0 heterocycles. The van der Waals surface area contributed by atoms with Crippen molar-refractivity contribution in [2.45, 2.75) is 83.8 Å². The van der Waals surface area contributed by atoms with E-state index in [1.165, 1.54) is 13.8 Å². The van der Waals surface area contributed by atoms with Crippen molar-refractivity contribution in [3.05, 3.63) is 34.9 Å². The van der Waals surface area contributed by atoms with Crippen molar-refractivity contribution in [1.29, 1.82) is 0 Å². The van der Waals surface area contributed by atoms with Crippen LogP contribution in [0.4, 0.5) is 26.3 Å². The number of amides is 1. The lowest BCUT2D eigenvalue weighted by molar-refractivity contribution is -0.143. The highest BCUT2D eigenvalue weighted by atomic mass is 19.4. The van der Waals surface area contributed by atoms with Crippen molar-refractivity contribution < 1.29 is 50.6 Å². The molecule has 1 saturated carbocycles. The number of carbonyl (C=O) groups is 3. The highest BCUT2D eigenvalue weighted by Gasteiger charge is 2.45. The van der Waals surface area contributed by atoms with E-state index in [2.05, 4.69) is 5.32 Å². The molecule has 2 rings (SSSR count). The van der Waals surface area contributed by atoms with Gasteiger partial charge in [-0.1, -0.05) is 13.8 Å². The summed E-state index contributed by atoms with van der Waals surface area (Å²) in [7, 11) is 0. The number of carbonyl (C=O) groups excluding carboxylic acids is 2. The number of halogens is 6. The van der Waals surface area contributed by atoms with E-state index in [0.29, 0.717) is 37.8 Å². The van der Waals surface area contributed by atoms with Crippen molar-refractivity contribution in [1.82, 2.24) is 5.32 Å². The molecule has 1 aromatic carbocycles. The predicted octanol–water partition coefficient (Wildman–Crippen LogP) is 5.27. The molecule has 0 unspecified atom stereocenters. The van der Waals surface area contributed by atoms with Crippen LogP contribution in [0.3, 0.4) is 0 Å². The van der Waals surface area contributed by atoms with Crippen molar-refractivity contribution in [3.8, 4) is 0 Å².